The van der Waals surface area contributed by atoms with E-state index in [0.29, 0.717) is 6.42 Å². The molecular weight excluding hydrogens is 298 g/mol. The van der Waals surface area contributed by atoms with E-state index in [1.165, 1.54) is 0 Å². The van der Waals surface area contributed by atoms with Gasteiger partial charge >= 0.3 is 0 Å². The molecule has 0 aromatic rings. The molecule has 0 atom stereocenters. The molecule has 3 heteroatoms. The van der Waals surface area contributed by atoms with Gasteiger partial charge in [-0.1, -0.05) is 15.9 Å². The maximum absolute atomic E-state index is 12.6. The molecule has 50 valence electrons. The third kappa shape index (κ3) is 2.04. The van der Waals surface area contributed by atoms with Crippen molar-refractivity contribution in [2.75, 3.05) is 0 Å². The lowest BCUT2D eigenvalue weighted by Gasteiger charge is -2.05. The predicted octanol–water partition coefficient (Wildman–Crippen LogP) is 3.68. The van der Waals surface area contributed by atoms with Crippen molar-refractivity contribution in [1.29, 1.82) is 0 Å². The van der Waals surface area contributed by atoms with Crippen LogP contribution in [0.15, 0.2) is 20.0 Å². The zero-order chi connectivity index (χ0) is 6.85. The topological polar surface area (TPSA) is 0 Å². The molecule has 0 N–H and O–H groups in total. The summed E-state index contributed by atoms with van der Waals surface area (Å²) in [4.78, 5) is 0. The van der Waals surface area contributed by atoms with Crippen LogP contribution in [0.3, 0.4) is 0 Å². The van der Waals surface area contributed by atoms with Crippen LogP contribution in [0, 0.1) is 0 Å². The molecule has 0 aliphatic heterocycles. The second-order valence-corrected chi connectivity index (χ2v) is 4.02. The van der Waals surface area contributed by atoms with Gasteiger partial charge in [0.25, 0.3) is 0 Å². The van der Waals surface area contributed by atoms with Gasteiger partial charge < -0.3 is 0 Å². The molecule has 0 heterocycles. The highest BCUT2D eigenvalue weighted by Gasteiger charge is 2.08. The van der Waals surface area contributed by atoms with Crippen LogP contribution in [0.1, 0.15) is 12.8 Å². The van der Waals surface area contributed by atoms with E-state index in [1.807, 2.05) is 28.7 Å². The van der Waals surface area contributed by atoms with Crippen molar-refractivity contribution in [3.05, 3.63) is 20.0 Å². The fraction of sp³-hybridized carbons (Fsp3) is 0.333. The maximum Gasteiger partial charge on any atom is 0.114 e. The number of halogens is 3. The number of allylic oxidation sites excluding steroid dienone is 4. The van der Waals surface area contributed by atoms with Gasteiger partial charge in [-0.25, -0.2) is 4.39 Å². The zero-order valence-corrected chi connectivity index (χ0v) is 8.37. The molecule has 0 aromatic heterocycles. The molecular formula is C6H5BrFI. The van der Waals surface area contributed by atoms with Crippen molar-refractivity contribution >= 4 is 38.5 Å². The molecule has 1 rings (SSSR count). The Hall–Kier alpha value is 0.620. The second-order valence-electron chi connectivity index (χ2n) is 1.84. The zero-order valence-electron chi connectivity index (χ0n) is 4.63. The Morgan fingerprint density at radius 2 is 2.22 bits per heavy atom. The van der Waals surface area contributed by atoms with Crippen LogP contribution >= 0.6 is 38.5 Å². The Kier molecular flexibility index (Phi) is 2.70. The van der Waals surface area contributed by atoms with Crippen LogP contribution in [-0.4, -0.2) is 0 Å². The first-order valence-corrected chi connectivity index (χ1v) is 4.47. The van der Waals surface area contributed by atoms with E-state index >= 15 is 0 Å². The van der Waals surface area contributed by atoms with Crippen molar-refractivity contribution in [2.24, 2.45) is 0 Å². The van der Waals surface area contributed by atoms with Gasteiger partial charge in [0.15, 0.2) is 0 Å². The van der Waals surface area contributed by atoms with Gasteiger partial charge in [-0.05, 0) is 39.6 Å². The number of hydrogen-bond acceptors (Lipinski definition) is 0. The molecule has 0 nitrogen and oxygen atoms in total. The lowest BCUT2D eigenvalue weighted by atomic mass is 10.2. The maximum atomic E-state index is 12.6. The van der Waals surface area contributed by atoms with Gasteiger partial charge in [0.1, 0.15) is 5.83 Å². The summed E-state index contributed by atoms with van der Waals surface area (Å²) >= 11 is 5.31. The second kappa shape index (κ2) is 3.14. The molecule has 0 bridgehead atoms. The van der Waals surface area contributed by atoms with E-state index < -0.39 is 0 Å². The first-order valence-electron chi connectivity index (χ1n) is 2.60. The molecule has 1 aliphatic carbocycles. The molecule has 0 saturated carbocycles. The Balaban J connectivity index is 2.83. The Labute approximate surface area is 75.5 Å². The smallest absolute Gasteiger partial charge is 0.114 e. The third-order valence-corrected chi connectivity index (χ3v) is 2.65. The summed E-state index contributed by atoms with van der Waals surface area (Å²) in [5, 5.41) is 0. The predicted molar refractivity (Wildman–Crippen MR) is 48.4 cm³/mol. The number of rotatable bonds is 0. The SMILES string of the molecule is FC1=C(I)C=C(Br)CC1. The van der Waals surface area contributed by atoms with Crippen molar-refractivity contribution in [3.8, 4) is 0 Å². The van der Waals surface area contributed by atoms with E-state index in [-0.39, 0.29) is 5.83 Å². The highest BCUT2D eigenvalue weighted by molar-refractivity contribution is 14.1. The lowest BCUT2D eigenvalue weighted by Crippen LogP contribution is -1.86. The first kappa shape index (κ1) is 7.72. The van der Waals surface area contributed by atoms with Crippen molar-refractivity contribution in [1.82, 2.24) is 0 Å². The van der Waals surface area contributed by atoms with Gasteiger partial charge in [0, 0.05) is 10.0 Å². The van der Waals surface area contributed by atoms with Crippen LogP contribution in [0.4, 0.5) is 4.39 Å². The van der Waals surface area contributed by atoms with Gasteiger partial charge in [-0.3, -0.25) is 0 Å². The van der Waals surface area contributed by atoms with E-state index in [9.17, 15) is 4.39 Å². The van der Waals surface area contributed by atoms with Crippen LogP contribution in [0.5, 0.6) is 0 Å². The molecule has 0 radical (unpaired) electrons. The molecule has 9 heavy (non-hydrogen) atoms. The van der Waals surface area contributed by atoms with Gasteiger partial charge in [0.2, 0.25) is 0 Å². The van der Waals surface area contributed by atoms with E-state index in [1.54, 1.807) is 0 Å². The molecule has 0 fully saturated rings. The quantitative estimate of drug-likeness (QED) is 0.599. The van der Waals surface area contributed by atoms with Crippen molar-refractivity contribution < 1.29 is 4.39 Å². The van der Waals surface area contributed by atoms with E-state index in [0.717, 1.165) is 14.5 Å². The summed E-state index contributed by atoms with van der Waals surface area (Å²) in [6, 6.07) is 0. The van der Waals surface area contributed by atoms with Crippen LogP contribution in [0.2, 0.25) is 0 Å². The highest BCUT2D eigenvalue weighted by Crippen LogP contribution is 2.31. The minimum atomic E-state index is 0.0128. The Morgan fingerprint density at radius 3 is 2.67 bits per heavy atom. The fourth-order valence-corrected chi connectivity index (χ4v) is 2.14. The largest absolute Gasteiger partial charge is 0.211 e. The standard InChI is InChI=1S/C6H5BrFI/c7-4-1-2-5(8)6(9)3-4/h3H,1-2H2. The van der Waals surface area contributed by atoms with E-state index in [4.69, 9.17) is 0 Å². The summed E-state index contributed by atoms with van der Waals surface area (Å²) in [5.74, 6) is 0.0128. The van der Waals surface area contributed by atoms with Crippen molar-refractivity contribution in [3.63, 3.8) is 0 Å². The average molecular weight is 303 g/mol. The molecule has 1 aliphatic rings. The monoisotopic (exact) mass is 302 g/mol. The van der Waals surface area contributed by atoms with Crippen molar-refractivity contribution in [2.45, 2.75) is 12.8 Å². The van der Waals surface area contributed by atoms with Crippen LogP contribution < -0.4 is 0 Å². The molecule has 0 unspecified atom stereocenters. The molecule has 0 saturated heterocycles. The van der Waals surface area contributed by atoms with Gasteiger partial charge in [0.05, 0.1) is 0 Å². The van der Waals surface area contributed by atoms with Crippen LogP contribution in [-0.2, 0) is 0 Å². The molecule has 0 spiro atoms. The van der Waals surface area contributed by atoms with Crippen LogP contribution in [0.25, 0.3) is 0 Å². The Bertz CT molecular complexity index is 183. The lowest BCUT2D eigenvalue weighted by molar-refractivity contribution is 0.585. The summed E-state index contributed by atoms with van der Waals surface area (Å²) in [7, 11) is 0. The average Bonchev–Trinajstić information content (AvgIpc) is 1.80. The molecule has 0 amide bonds. The minimum Gasteiger partial charge on any atom is -0.211 e. The highest BCUT2D eigenvalue weighted by atomic mass is 127. The fourth-order valence-electron chi connectivity index (χ4n) is 0.637. The van der Waals surface area contributed by atoms with Gasteiger partial charge in [-0.15, -0.1) is 0 Å². The first-order chi connectivity index (χ1) is 4.20. The summed E-state index contributed by atoms with van der Waals surface area (Å²) in [6.07, 6.45) is 3.17. The van der Waals surface area contributed by atoms with Gasteiger partial charge in [-0.2, -0.15) is 0 Å². The summed E-state index contributed by atoms with van der Waals surface area (Å²) in [6.45, 7) is 0. The number of hydrogen-bond donors (Lipinski definition) is 0. The third-order valence-electron chi connectivity index (χ3n) is 1.13. The minimum absolute atomic E-state index is 0.0128. The summed E-state index contributed by atoms with van der Waals surface area (Å²) < 4.78 is 14.4. The Morgan fingerprint density at radius 1 is 1.56 bits per heavy atom. The van der Waals surface area contributed by atoms with E-state index in [2.05, 4.69) is 15.9 Å². The molecule has 0 aromatic carbocycles. The normalized spacial score (nSPS) is 20.1. The summed E-state index contributed by atoms with van der Waals surface area (Å²) in [5.41, 5.74) is 0.